The van der Waals surface area contributed by atoms with Gasteiger partial charge >= 0.3 is 6.01 Å². The Hall–Kier alpha value is -3.99. The van der Waals surface area contributed by atoms with Gasteiger partial charge in [-0.05, 0) is 49.4 Å². The van der Waals surface area contributed by atoms with Crippen LogP contribution in [0.5, 0.6) is 11.8 Å². The Morgan fingerprint density at radius 1 is 1.07 bits per heavy atom. The molecular formula is C32H41FN6O4. The molecule has 3 aromatic rings. The summed E-state index contributed by atoms with van der Waals surface area (Å²) in [7, 11) is 3.74. The number of hydrogen-bond donors (Lipinski definition) is 1. The number of hydrogen-bond acceptors (Lipinski definition) is 8. The number of rotatable bonds is 10. The Morgan fingerprint density at radius 2 is 1.81 bits per heavy atom. The molecule has 11 heteroatoms. The van der Waals surface area contributed by atoms with Crippen LogP contribution in [0.15, 0.2) is 24.3 Å². The van der Waals surface area contributed by atoms with E-state index in [1.807, 2.05) is 14.0 Å². The van der Waals surface area contributed by atoms with E-state index in [1.54, 1.807) is 35.9 Å². The molecule has 43 heavy (non-hydrogen) atoms. The van der Waals surface area contributed by atoms with E-state index in [1.165, 1.54) is 12.1 Å². The van der Waals surface area contributed by atoms with Gasteiger partial charge in [0.15, 0.2) is 0 Å². The van der Waals surface area contributed by atoms with Gasteiger partial charge in [0, 0.05) is 58.1 Å². The molecule has 0 unspecified atom stereocenters. The number of fused-ring (bicyclic) bond motifs is 2. The molecule has 2 aromatic carbocycles. The van der Waals surface area contributed by atoms with Gasteiger partial charge in [0.1, 0.15) is 29.6 Å². The first kappa shape index (κ1) is 30.5. The zero-order valence-electron chi connectivity index (χ0n) is 25.5. The standard InChI is InChI=1S/C32H41FN6O4/c1-5-24-25(33)11-10-22-18-23(41)19-27(28(22)24)39-20-26-29(31(39)42)30(38-12-8-6-7-9-13-38)35-32(34-26)43-17-16-36(3)14-15-37(4)21(2)40/h10-11,18-19,41H,5-9,12-17,20H2,1-4H3. The summed E-state index contributed by atoms with van der Waals surface area (Å²) in [6.07, 6.45) is 4.69. The average Bonchev–Trinajstić information content (AvgIpc) is 3.13. The smallest absolute Gasteiger partial charge is 0.318 e. The highest BCUT2D eigenvalue weighted by atomic mass is 19.1. The van der Waals surface area contributed by atoms with Crippen molar-refractivity contribution in [2.75, 3.05) is 63.2 Å². The molecule has 1 fully saturated rings. The highest BCUT2D eigenvalue weighted by Gasteiger charge is 2.37. The third kappa shape index (κ3) is 6.51. The van der Waals surface area contributed by atoms with E-state index in [0.29, 0.717) is 71.8 Å². The van der Waals surface area contributed by atoms with Crippen LogP contribution in [-0.2, 0) is 17.8 Å². The largest absolute Gasteiger partial charge is 0.508 e. The Kier molecular flexibility index (Phi) is 9.29. The van der Waals surface area contributed by atoms with Crippen LogP contribution in [0, 0.1) is 5.82 Å². The summed E-state index contributed by atoms with van der Waals surface area (Å²) in [5.74, 6) is -0.0211. The molecule has 0 spiro atoms. The van der Waals surface area contributed by atoms with E-state index in [4.69, 9.17) is 9.72 Å². The number of aromatic hydroxyl groups is 1. The Balaban J connectivity index is 1.46. The van der Waals surface area contributed by atoms with Crippen molar-refractivity contribution >= 4 is 34.1 Å². The number of aromatic nitrogens is 2. The van der Waals surface area contributed by atoms with Crippen molar-refractivity contribution in [1.29, 1.82) is 0 Å². The number of halogens is 1. The second kappa shape index (κ2) is 13.1. The van der Waals surface area contributed by atoms with Crippen molar-refractivity contribution in [3.8, 4) is 11.8 Å². The minimum absolute atomic E-state index is 0.00128. The quantitative estimate of drug-likeness (QED) is 0.371. The van der Waals surface area contributed by atoms with E-state index in [2.05, 4.69) is 14.8 Å². The molecule has 0 atom stereocenters. The van der Waals surface area contributed by atoms with Gasteiger partial charge in [0.05, 0.1) is 17.9 Å². The number of nitrogens with zero attached hydrogens (tertiary/aromatic N) is 6. The molecular weight excluding hydrogens is 551 g/mol. The lowest BCUT2D eigenvalue weighted by molar-refractivity contribution is -0.127. The first-order valence-corrected chi connectivity index (χ1v) is 15.1. The maximum atomic E-state index is 14.9. The number of amides is 2. The minimum atomic E-state index is -0.343. The molecule has 2 aliphatic rings. The van der Waals surface area contributed by atoms with Gasteiger partial charge in [-0.2, -0.15) is 9.97 Å². The number of likely N-dealkylation sites (N-methyl/N-ethyl adjacent to an activating group) is 2. The normalized spacial score (nSPS) is 15.3. The molecule has 1 aromatic heterocycles. The molecule has 0 radical (unpaired) electrons. The number of anilines is 2. The molecule has 1 N–H and O–H groups in total. The van der Waals surface area contributed by atoms with Crippen LogP contribution >= 0.6 is 0 Å². The molecule has 2 aliphatic heterocycles. The van der Waals surface area contributed by atoms with Gasteiger partial charge in [0.2, 0.25) is 5.91 Å². The van der Waals surface area contributed by atoms with Gasteiger partial charge in [-0.3, -0.25) is 9.59 Å². The van der Waals surface area contributed by atoms with Crippen molar-refractivity contribution in [2.45, 2.75) is 52.5 Å². The second-order valence-electron chi connectivity index (χ2n) is 11.5. The predicted octanol–water partition coefficient (Wildman–Crippen LogP) is 4.37. The van der Waals surface area contributed by atoms with Gasteiger partial charge in [0.25, 0.3) is 5.91 Å². The van der Waals surface area contributed by atoms with E-state index in [9.17, 15) is 19.1 Å². The SMILES string of the molecule is CCc1c(F)ccc2cc(O)cc(N3Cc4nc(OCCN(C)CCN(C)C(C)=O)nc(N5CCCCCC5)c4C3=O)c12. The van der Waals surface area contributed by atoms with E-state index in [-0.39, 0.29) is 35.9 Å². The summed E-state index contributed by atoms with van der Waals surface area (Å²) >= 11 is 0. The second-order valence-corrected chi connectivity index (χ2v) is 11.5. The van der Waals surface area contributed by atoms with E-state index < -0.39 is 0 Å². The van der Waals surface area contributed by atoms with Gasteiger partial charge in [-0.1, -0.05) is 25.8 Å². The van der Waals surface area contributed by atoms with Crippen molar-refractivity contribution in [3.05, 3.63) is 46.9 Å². The number of phenolic OH excluding ortho intramolecular Hbond substituents is 1. The Bertz CT molecular complexity index is 1510. The number of phenols is 1. The zero-order valence-corrected chi connectivity index (χ0v) is 25.5. The van der Waals surface area contributed by atoms with Crippen LogP contribution in [0.3, 0.4) is 0 Å². The lowest BCUT2D eigenvalue weighted by Crippen LogP contribution is -2.35. The van der Waals surface area contributed by atoms with Crippen molar-refractivity contribution < 1.29 is 23.8 Å². The summed E-state index contributed by atoms with van der Waals surface area (Å²) in [6, 6.07) is 6.36. The maximum absolute atomic E-state index is 14.9. The summed E-state index contributed by atoms with van der Waals surface area (Å²) in [6.45, 7) is 7.40. The highest BCUT2D eigenvalue weighted by Crippen LogP contribution is 2.41. The monoisotopic (exact) mass is 592 g/mol. The molecule has 0 saturated carbocycles. The molecule has 1 saturated heterocycles. The summed E-state index contributed by atoms with van der Waals surface area (Å²) < 4.78 is 21.0. The summed E-state index contributed by atoms with van der Waals surface area (Å²) in [4.78, 5) is 42.6. The first-order chi connectivity index (χ1) is 20.7. The van der Waals surface area contributed by atoms with Crippen LogP contribution < -0.4 is 14.5 Å². The van der Waals surface area contributed by atoms with Crippen LogP contribution in [0.25, 0.3) is 10.8 Å². The van der Waals surface area contributed by atoms with Gasteiger partial charge in [-0.15, -0.1) is 0 Å². The van der Waals surface area contributed by atoms with Crippen molar-refractivity contribution in [2.24, 2.45) is 0 Å². The predicted molar refractivity (Wildman–Crippen MR) is 164 cm³/mol. The number of carbonyl (C=O) groups is 2. The van der Waals surface area contributed by atoms with Gasteiger partial charge in [-0.25, -0.2) is 4.39 Å². The lowest BCUT2D eigenvalue weighted by atomic mass is 9.99. The number of carbonyl (C=O) groups excluding carboxylic acids is 2. The lowest BCUT2D eigenvalue weighted by Gasteiger charge is -2.24. The minimum Gasteiger partial charge on any atom is -0.508 e. The Labute approximate surface area is 252 Å². The molecule has 3 heterocycles. The fraction of sp³-hybridized carbons (Fsp3) is 0.500. The fourth-order valence-corrected chi connectivity index (χ4v) is 5.85. The summed E-state index contributed by atoms with van der Waals surface area (Å²) in [5.41, 5.74) is 1.94. The molecule has 5 rings (SSSR count). The third-order valence-electron chi connectivity index (χ3n) is 8.45. The topological polar surface area (TPSA) is 102 Å². The van der Waals surface area contributed by atoms with Crippen LogP contribution in [0.2, 0.25) is 0 Å². The van der Waals surface area contributed by atoms with Gasteiger partial charge < -0.3 is 29.4 Å². The molecule has 0 bridgehead atoms. The van der Waals surface area contributed by atoms with E-state index in [0.717, 1.165) is 38.8 Å². The van der Waals surface area contributed by atoms with Crippen LogP contribution in [0.1, 0.15) is 61.1 Å². The number of ether oxygens (including phenoxy) is 1. The number of benzene rings is 2. The zero-order chi connectivity index (χ0) is 30.7. The molecule has 230 valence electrons. The maximum Gasteiger partial charge on any atom is 0.318 e. The molecule has 0 aliphatic carbocycles. The number of aryl methyl sites for hydroxylation is 1. The fourth-order valence-electron chi connectivity index (χ4n) is 5.85. The van der Waals surface area contributed by atoms with Crippen LogP contribution in [0.4, 0.5) is 15.9 Å². The Morgan fingerprint density at radius 3 is 2.51 bits per heavy atom. The van der Waals surface area contributed by atoms with Crippen molar-refractivity contribution in [1.82, 2.24) is 19.8 Å². The van der Waals surface area contributed by atoms with E-state index >= 15 is 0 Å². The molecule has 2 amide bonds. The van der Waals surface area contributed by atoms with Crippen LogP contribution in [-0.4, -0.2) is 90.1 Å². The van der Waals surface area contributed by atoms with Crippen molar-refractivity contribution in [3.63, 3.8) is 0 Å². The average molecular weight is 593 g/mol. The third-order valence-corrected chi connectivity index (χ3v) is 8.45. The first-order valence-electron chi connectivity index (χ1n) is 15.1. The molecule has 10 nitrogen and oxygen atoms in total. The highest BCUT2D eigenvalue weighted by molar-refractivity contribution is 6.16. The summed E-state index contributed by atoms with van der Waals surface area (Å²) in [5, 5.41) is 11.8.